The maximum Gasteiger partial charge on any atom is 0.129 e. The summed E-state index contributed by atoms with van der Waals surface area (Å²) >= 11 is 0. The van der Waals surface area contributed by atoms with Gasteiger partial charge >= 0.3 is 0 Å². The van der Waals surface area contributed by atoms with E-state index < -0.39 is 0 Å². The van der Waals surface area contributed by atoms with E-state index in [1.807, 2.05) is 6.07 Å². The summed E-state index contributed by atoms with van der Waals surface area (Å²) in [5.74, 6) is -0.223. The zero-order valence-electron chi connectivity index (χ0n) is 11.1. The van der Waals surface area contributed by atoms with Crippen LogP contribution >= 0.6 is 0 Å². The molecule has 3 nitrogen and oxygen atoms in total. The Kier molecular flexibility index (Phi) is 3.88. The van der Waals surface area contributed by atoms with Crippen molar-refractivity contribution in [3.05, 3.63) is 29.6 Å². The number of hydrogen-bond donors (Lipinski definition) is 1. The van der Waals surface area contributed by atoms with Crippen molar-refractivity contribution in [2.45, 2.75) is 31.9 Å². The lowest BCUT2D eigenvalue weighted by Gasteiger charge is -2.40. The van der Waals surface area contributed by atoms with Crippen molar-refractivity contribution in [1.82, 2.24) is 0 Å². The van der Waals surface area contributed by atoms with Crippen LogP contribution in [0.2, 0.25) is 0 Å². The molecule has 1 atom stereocenters. The van der Waals surface area contributed by atoms with Gasteiger partial charge in [-0.25, -0.2) is 4.39 Å². The second kappa shape index (κ2) is 5.24. The molecule has 0 spiro atoms. The van der Waals surface area contributed by atoms with E-state index in [0.29, 0.717) is 5.56 Å². The standard InChI is InChI=1S/C14H21FN2O/c1-14(18-2)6-3-7-17(10-14)12-5-4-11(9-16)13(15)8-12/h4-5,8H,3,6-7,9-10,16H2,1-2H3. The number of ether oxygens (including phenoxy) is 1. The molecular formula is C14H21FN2O. The molecule has 1 saturated heterocycles. The molecule has 4 heteroatoms. The van der Waals surface area contributed by atoms with Crippen molar-refractivity contribution in [2.75, 3.05) is 25.1 Å². The molecule has 2 N–H and O–H groups in total. The second-order valence-electron chi connectivity index (χ2n) is 5.16. The van der Waals surface area contributed by atoms with Crippen LogP contribution in [0.4, 0.5) is 10.1 Å². The van der Waals surface area contributed by atoms with Gasteiger partial charge in [-0.15, -0.1) is 0 Å². The van der Waals surface area contributed by atoms with E-state index in [9.17, 15) is 4.39 Å². The van der Waals surface area contributed by atoms with Crippen molar-refractivity contribution in [3.8, 4) is 0 Å². The summed E-state index contributed by atoms with van der Waals surface area (Å²) < 4.78 is 19.3. The molecule has 1 aromatic rings. The SMILES string of the molecule is COC1(C)CCCN(c2ccc(CN)c(F)c2)C1. The fourth-order valence-electron chi connectivity index (χ4n) is 2.49. The van der Waals surface area contributed by atoms with Gasteiger partial charge in [-0.2, -0.15) is 0 Å². The third-order valence-corrected chi connectivity index (χ3v) is 3.77. The van der Waals surface area contributed by atoms with Crippen LogP contribution in [0.3, 0.4) is 0 Å². The quantitative estimate of drug-likeness (QED) is 0.897. The fourth-order valence-corrected chi connectivity index (χ4v) is 2.49. The normalized spacial score (nSPS) is 24.3. The monoisotopic (exact) mass is 252 g/mol. The first-order valence-electron chi connectivity index (χ1n) is 6.36. The van der Waals surface area contributed by atoms with Gasteiger partial charge in [-0.3, -0.25) is 0 Å². The molecule has 0 saturated carbocycles. The predicted molar refractivity (Wildman–Crippen MR) is 71.2 cm³/mol. The van der Waals surface area contributed by atoms with Gasteiger partial charge in [0.05, 0.1) is 5.60 Å². The highest BCUT2D eigenvalue weighted by Gasteiger charge is 2.30. The minimum Gasteiger partial charge on any atom is -0.377 e. The maximum absolute atomic E-state index is 13.7. The number of halogens is 1. The zero-order chi connectivity index (χ0) is 13.2. The van der Waals surface area contributed by atoms with Crippen LogP contribution in [-0.4, -0.2) is 25.8 Å². The minimum absolute atomic E-state index is 0.138. The molecule has 0 radical (unpaired) electrons. The minimum atomic E-state index is -0.223. The lowest BCUT2D eigenvalue weighted by atomic mass is 9.94. The topological polar surface area (TPSA) is 38.5 Å². The number of piperidine rings is 1. The molecule has 0 bridgehead atoms. The zero-order valence-corrected chi connectivity index (χ0v) is 11.1. The summed E-state index contributed by atoms with van der Waals surface area (Å²) in [6.07, 6.45) is 2.11. The van der Waals surface area contributed by atoms with Crippen molar-refractivity contribution in [1.29, 1.82) is 0 Å². The van der Waals surface area contributed by atoms with Crippen LogP contribution in [0.5, 0.6) is 0 Å². The molecule has 100 valence electrons. The second-order valence-corrected chi connectivity index (χ2v) is 5.16. The summed E-state index contributed by atoms with van der Waals surface area (Å²) in [7, 11) is 1.74. The van der Waals surface area contributed by atoms with Crippen molar-refractivity contribution >= 4 is 5.69 Å². The molecule has 1 aliphatic rings. The average Bonchev–Trinajstić information content (AvgIpc) is 2.39. The lowest BCUT2D eigenvalue weighted by molar-refractivity contribution is -0.00466. The number of nitrogens with two attached hydrogens (primary N) is 1. The van der Waals surface area contributed by atoms with Gasteiger partial charge in [0.15, 0.2) is 0 Å². The molecule has 1 heterocycles. The smallest absolute Gasteiger partial charge is 0.129 e. The van der Waals surface area contributed by atoms with Gasteiger partial charge in [0.1, 0.15) is 5.82 Å². The Morgan fingerprint density at radius 3 is 2.89 bits per heavy atom. The van der Waals surface area contributed by atoms with Crippen LogP contribution < -0.4 is 10.6 Å². The molecule has 2 rings (SSSR count). The molecule has 0 aromatic heterocycles. The van der Waals surface area contributed by atoms with Crippen molar-refractivity contribution in [3.63, 3.8) is 0 Å². The third-order valence-electron chi connectivity index (χ3n) is 3.77. The van der Waals surface area contributed by atoms with Crippen molar-refractivity contribution in [2.24, 2.45) is 5.73 Å². The number of anilines is 1. The Hall–Kier alpha value is -1.13. The third kappa shape index (κ3) is 2.65. The van der Waals surface area contributed by atoms with Crippen LogP contribution in [-0.2, 0) is 11.3 Å². The first-order chi connectivity index (χ1) is 8.58. The molecule has 1 unspecified atom stereocenters. The number of rotatable bonds is 3. The van der Waals surface area contributed by atoms with E-state index in [0.717, 1.165) is 31.6 Å². The van der Waals surface area contributed by atoms with Crippen LogP contribution in [0.1, 0.15) is 25.3 Å². The van der Waals surface area contributed by atoms with Gasteiger partial charge in [-0.05, 0) is 31.9 Å². The predicted octanol–water partition coefficient (Wildman–Crippen LogP) is 2.29. The Morgan fingerprint density at radius 1 is 1.50 bits per heavy atom. The summed E-state index contributed by atoms with van der Waals surface area (Å²) in [4.78, 5) is 2.18. The number of benzene rings is 1. The average molecular weight is 252 g/mol. The first kappa shape index (κ1) is 13.3. The van der Waals surface area contributed by atoms with E-state index in [4.69, 9.17) is 10.5 Å². The molecule has 0 aliphatic carbocycles. The summed E-state index contributed by atoms with van der Waals surface area (Å²) in [5, 5.41) is 0. The summed E-state index contributed by atoms with van der Waals surface area (Å²) in [6, 6.07) is 5.28. The van der Waals surface area contributed by atoms with Gasteiger partial charge < -0.3 is 15.4 Å². The summed E-state index contributed by atoms with van der Waals surface area (Å²) in [6.45, 7) is 4.08. The fraction of sp³-hybridized carbons (Fsp3) is 0.571. The Labute approximate surface area is 108 Å². The first-order valence-corrected chi connectivity index (χ1v) is 6.36. The van der Waals surface area contributed by atoms with E-state index in [1.165, 1.54) is 0 Å². The van der Waals surface area contributed by atoms with Crippen LogP contribution in [0.25, 0.3) is 0 Å². The van der Waals surface area contributed by atoms with Gasteiger partial charge in [0.25, 0.3) is 0 Å². The van der Waals surface area contributed by atoms with E-state index in [2.05, 4.69) is 11.8 Å². The molecular weight excluding hydrogens is 231 g/mol. The highest BCUT2D eigenvalue weighted by molar-refractivity contribution is 5.49. The number of nitrogens with zero attached hydrogens (tertiary/aromatic N) is 1. The van der Waals surface area contributed by atoms with E-state index in [1.54, 1.807) is 19.2 Å². The Balaban J connectivity index is 2.18. The van der Waals surface area contributed by atoms with Gasteiger partial charge in [0.2, 0.25) is 0 Å². The number of methoxy groups -OCH3 is 1. The van der Waals surface area contributed by atoms with Crippen LogP contribution in [0.15, 0.2) is 18.2 Å². The molecule has 18 heavy (non-hydrogen) atoms. The highest BCUT2D eigenvalue weighted by atomic mass is 19.1. The Bertz CT molecular complexity index is 424. The van der Waals surface area contributed by atoms with E-state index >= 15 is 0 Å². The molecule has 1 aromatic carbocycles. The maximum atomic E-state index is 13.7. The van der Waals surface area contributed by atoms with Gasteiger partial charge in [-0.1, -0.05) is 6.07 Å². The molecule has 0 amide bonds. The summed E-state index contributed by atoms with van der Waals surface area (Å²) in [5.41, 5.74) is 6.80. The molecule has 1 fully saturated rings. The van der Waals surface area contributed by atoms with Crippen LogP contribution in [0, 0.1) is 5.82 Å². The van der Waals surface area contributed by atoms with Crippen molar-refractivity contribution < 1.29 is 9.13 Å². The lowest BCUT2D eigenvalue weighted by Crippen LogP contribution is -2.47. The van der Waals surface area contributed by atoms with Gasteiger partial charge in [0, 0.05) is 38.0 Å². The largest absolute Gasteiger partial charge is 0.377 e. The van der Waals surface area contributed by atoms with E-state index in [-0.39, 0.29) is 18.0 Å². The molecule has 1 aliphatic heterocycles. The highest BCUT2D eigenvalue weighted by Crippen LogP contribution is 2.28. The Morgan fingerprint density at radius 2 is 2.28 bits per heavy atom. The number of hydrogen-bond acceptors (Lipinski definition) is 3.